The van der Waals surface area contributed by atoms with E-state index in [1.54, 1.807) is 29.5 Å². The summed E-state index contributed by atoms with van der Waals surface area (Å²) in [5, 5.41) is 5.69. The Morgan fingerprint density at radius 1 is 1.36 bits per heavy atom. The van der Waals surface area contributed by atoms with Crippen molar-refractivity contribution in [2.75, 3.05) is 13.1 Å². The van der Waals surface area contributed by atoms with Crippen LogP contribution in [0.1, 0.15) is 41.9 Å². The highest BCUT2D eigenvalue weighted by molar-refractivity contribution is 7.09. The molecule has 150 valence electrons. The standard InChI is InChI=1S/C21H26FN3O2S/c1-15-24-18(14-28-15)11-21(27)25-10-4-5-16(13-25)8-9-20(26)23-12-17-6-2-3-7-19(17)22/h2-3,6-7,14,16H,4-5,8-13H2,1H3,(H,23,26). The molecule has 2 heterocycles. The Kier molecular flexibility index (Phi) is 7.14. The summed E-state index contributed by atoms with van der Waals surface area (Å²) >= 11 is 1.56. The summed E-state index contributed by atoms with van der Waals surface area (Å²) in [6.07, 6.45) is 3.47. The van der Waals surface area contributed by atoms with Gasteiger partial charge in [-0.3, -0.25) is 9.59 Å². The zero-order valence-corrected chi connectivity index (χ0v) is 16.9. The molecule has 1 atom stereocenters. The molecule has 2 aromatic rings. The van der Waals surface area contributed by atoms with Crippen molar-refractivity contribution in [3.05, 3.63) is 51.7 Å². The van der Waals surface area contributed by atoms with Gasteiger partial charge in [0.2, 0.25) is 11.8 Å². The van der Waals surface area contributed by atoms with E-state index in [-0.39, 0.29) is 24.2 Å². The minimum Gasteiger partial charge on any atom is -0.352 e. The van der Waals surface area contributed by atoms with Crippen molar-refractivity contribution < 1.29 is 14.0 Å². The molecule has 5 nitrogen and oxygen atoms in total. The molecule has 2 amide bonds. The minimum atomic E-state index is -0.306. The van der Waals surface area contributed by atoms with Crippen LogP contribution < -0.4 is 5.32 Å². The summed E-state index contributed by atoms with van der Waals surface area (Å²) in [5.41, 5.74) is 1.32. The Bertz CT molecular complexity index is 823. The third-order valence-corrected chi connectivity index (χ3v) is 5.91. The van der Waals surface area contributed by atoms with Gasteiger partial charge in [0.1, 0.15) is 5.82 Å². The largest absolute Gasteiger partial charge is 0.352 e. The number of halogens is 1. The fourth-order valence-electron chi connectivity index (χ4n) is 3.54. The van der Waals surface area contributed by atoms with Crippen molar-refractivity contribution in [1.29, 1.82) is 0 Å². The van der Waals surface area contributed by atoms with E-state index in [2.05, 4.69) is 10.3 Å². The van der Waals surface area contributed by atoms with Gasteiger partial charge in [0, 0.05) is 37.0 Å². The lowest BCUT2D eigenvalue weighted by atomic mass is 9.93. The first-order chi connectivity index (χ1) is 13.5. The highest BCUT2D eigenvalue weighted by Gasteiger charge is 2.24. The van der Waals surface area contributed by atoms with Crippen LogP contribution in [0.3, 0.4) is 0 Å². The smallest absolute Gasteiger partial charge is 0.228 e. The van der Waals surface area contributed by atoms with Gasteiger partial charge in [0.05, 0.1) is 17.1 Å². The summed E-state index contributed by atoms with van der Waals surface area (Å²) in [4.78, 5) is 30.9. The number of carbonyl (C=O) groups is 2. The first-order valence-corrected chi connectivity index (χ1v) is 10.6. The number of thiazole rings is 1. The van der Waals surface area contributed by atoms with E-state index < -0.39 is 0 Å². The summed E-state index contributed by atoms with van der Waals surface area (Å²) in [6.45, 7) is 3.61. The zero-order chi connectivity index (χ0) is 19.9. The zero-order valence-electron chi connectivity index (χ0n) is 16.1. The molecule has 1 fully saturated rings. The van der Waals surface area contributed by atoms with Gasteiger partial charge < -0.3 is 10.2 Å². The quantitative estimate of drug-likeness (QED) is 0.770. The lowest BCUT2D eigenvalue weighted by Crippen LogP contribution is -2.41. The second kappa shape index (κ2) is 9.78. The first-order valence-electron chi connectivity index (χ1n) is 9.70. The van der Waals surface area contributed by atoms with Gasteiger partial charge in [-0.05, 0) is 38.2 Å². The SMILES string of the molecule is Cc1nc(CC(=O)N2CCCC(CCC(=O)NCc3ccccc3F)C2)cs1. The van der Waals surface area contributed by atoms with Gasteiger partial charge in [0.15, 0.2) is 0 Å². The summed E-state index contributed by atoms with van der Waals surface area (Å²) in [6, 6.07) is 6.45. The van der Waals surface area contributed by atoms with Gasteiger partial charge >= 0.3 is 0 Å². The molecule has 1 saturated heterocycles. The second-order valence-corrected chi connectivity index (χ2v) is 8.35. The summed E-state index contributed by atoms with van der Waals surface area (Å²) in [5.74, 6) is 0.0530. The molecule has 0 spiro atoms. The maximum atomic E-state index is 13.6. The van der Waals surface area contributed by atoms with E-state index >= 15 is 0 Å². The van der Waals surface area contributed by atoms with Crippen LogP contribution in [0.2, 0.25) is 0 Å². The van der Waals surface area contributed by atoms with Crippen LogP contribution >= 0.6 is 11.3 Å². The van der Waals surface area contributed by atoms with Crippen LogP contribution in [0.5, 0.6) is 0 Å². The number of likely N-dealkylation sites (tertiary alicyclic amines) is 1. The first kappa shape index (κ1) is 20.5. The van der Waals surface area contributed by atoms with Gasteiger partial charge in [-0.15, -0.1) is 11.3 Å². The van der Waals surface area contributed by atoms with Gasteiger partial charge in [-0.2, -0.15) is 0 Å². The van der Waals surface area contributed by atoms with Gasteiger partial charge in [-0.1, -0.05) is 18.2 Å². The number of carbonyl (C=O) groups excluding carboxylic acids is 2. The number of benzene rings is 1. The molecule has 0 radical (unpaired) electrons. The Labute approximate surface area is 169 Å². The van der Waals surface area contributed by atoms with E-state index in [9.17, 15) is 14.0 Å². The Morgan fingerprint density at radius 2 is 2.18 bits per heavy atom. The van der Waals surface area contributed by atoms with Crippen LogP contribution in [0.15, 0.2) is 29.6 Å². The number of aromatic nitrogens is 1. The number of amides is 2. The molecule has 3 rings (SSSR count). The maximum Gasteiger partial charge on any atom is 0.228 e. The lowest BCUT2D eigenvalue weighted by Gasteiger charge is -2.32. The van der Waals surface area contributed by atoms with Crippen molar-refractivity contribution in [3.63, 3.8) is 0 Å². The molecule has 1 unspecified atom stereocenters. The normalized spacial score (nSPS) is 16.8. The van der Waals surface area contributed by atoms with E-state index in [0.717, 1.165) is 36.5 Å². The average Bonchev–Trinajstić information content (AvgIpc) is 3.10. The summed E-state index contributed by atoms with van der Waals surface area (Å²) < 4.78 is 13.6. The molecular weight excluding hydrogens is 377 g/mol. The number of piperidine rings is 1. The van der Waals surface area contributed by atoms with Crippen molar-refractivity contribution in [2.45, 2.75) is 45.6 Å². The highest BCUT2D eigenvalue weighted by Crippen LogP contribution is 2.22. The van der Waals surface area contributed by atoms with Crippen molar-refractivity contribution in [3.8, 4) is 0 Å². The van der Waals surface area contributed by atoms with Gasteiger partial charge in [0.25, 0.3) is 0 Å². The molecule has 0 bridgehead atoms. The molecule has 0 saturated carbocycles. The number of rotatable bonds is 7. The number of aryl methyl sites for hydroxylation is 1. The van der Waals surface area contributed by atoms with E-state index in [0.29, 0.717) is 30.9 Å². The van der Waals surface area contributed by atoms with E-state index in [1.165, 1.54) is 6.07 Å². The number of nitrogens with one attached hydrogen (secondary N) is 1. The van der Waals surface area contributed by atoms with Crippen molar-refractivity contribution in [1.82, 2.24) is 15.2 Å². The molecule has 1 aromatic heterocycles. The third kappa shape index (κ3) is 5.86. The number of nitrogens with zero attached hydrogens (tertiary/aromatic N) is 2. The molecule has 1 aromatic carbocycles. The van der Waals surface area contributed by atoms with E-state index in [4.69, 9.17) is 0 Å². The molecule has 7 heteroatoms. The average molecular weight is 404 g/mol. The predicted octanol–water partition coefficient (Wildman–Crippen LogP) is 3.47. The topological polar surface area (TPSA) is 62.3 Å². The lowest BCUT2D eigenvalue weighted by molar-refractivity contribution is -0.132. The van der Waals surface area contributed by atoms with Crippen LogP contribution in [-0.4, -0.2) is 34.8 Å². The molecule has 0 aliphatic carbocycles. The Balaban J connectivity index is 1.41. The number of hydrogen-bond donors (Lipinski definition) is 1. The number of hydrogen-bond acceptors (Lipinski definition) is 4. The Hall–Kier alpha value is -2.28. The van der Waals surface area contributed by atoms with Crippen molar-refractivity contribution >= 4 is 23.2 Å². The molecule has 1 aliphatic rings. The second-order valence-electron chi connectivity index (χ2n) is 7.29. The molecule has 1 N–H and O–H groups in total. The van der Waals surface area contributed by atoms with Crippen LogP contribution in [0.4, 0.5) is 4.39 Å². The van der Waals surface area contributed by atoms with Crippen LogP contribution in [-0.2, 0) is 22.6 Å². The predicted molar refractivity (Wildman–Crippen MR) is 107 cm³/mol. The van der Waals surface area contributed by atoms with Crippen molar-refractivity contribution in [2.24, 2.45) is 5.92 Å². The monoisotopic (exact) mass is 403 g/mol. The fraction of sp³-hybridized carbons (Fsp3) is 0.476. The Morgan fingerprint density at radius 3 is 2.93 bits per heavy atom. The molecule has 1 aliphatic heterocycles. The highest BCUT2D eigenvalue weighted by atomic mass is 32.1. The van der Waals surface area contributed by atoms with E-state index in [1.807, 2.05) is 17.2 Å². The third-order valence-electron chi connectivity index (χ3n) is 5.08. The maximum absolute atomic E-state index is 13.6. The minimum absolute atomic E-state index is 0.0790. The van der Waals surface area contributed by atoms with Crippen LogP contribution in [0.25, 0.3) is 0 Å². The van der Waals surface area contributed by atoms with Crippen LogP contribution in [0, 0.1) is 18.7 Å². The molecule has 28 heavy (non-hydrogen) atoms. The summed E-state index contributed by atoms with van der Waals surface area (Å²) in [7, 11) is 0. The van der Waals surface area contributed by atoms with Gasteiger partial charge in [-0.25, -0.2) is 9.37 Å². The fourth-order valence-corrected chi connectivity index (χ4v) is 4.16. The molecular formula is C21H26FN3O2S.